The number of ether oxygens (including phenoxy) is 1. The first-order chi connectivity index (χ1) is 7.49. The van der Waals surface area contributed by atoms with Crippen LogP contribution in [0.2, 0.25) is 0 Å². The fraction of sp³-hybridized carbons (Fsp3) is 1.00. The van der Waals surface area contributed by atoms with Crippen LogP contribution in [0.3, 0.4) is 0 Å². The minimum Gasteiger partial charge on any atom is -0.383 e. The summed E-state index contributed by atoms with van der Waals surface area (Å²) in [4.78, 5) is 0. The van der Waals surface area contributed by atoms with Gasteiger partial charge in [0.1, 0.15) is 0 Å². The van der Waals surface area contributed by atoms with E-state index in [0.717, 1.165) is 24.9 Å². The summed E-state index contributed by atoms with van der Waals surface area (Å²) in [6, 6.07) is 1.15. The molecule has 1 N–H and O–H groups in total. The van der Waals surface area contributed by atoms with E-state index in [1.165, 1.54) is 12.8 Å². The molecule has 0 fully saturated rings. The highest BCUT2D eigenvalue weighted by atomic mass is 16.5. The molecule has 0 aromatic carbocycles. The molecule has 1 unspecified atom stereocenters. The minimum absolute atomic E-state index is 0.507. The van der Waals surface area contributed by atoms with Crippen LogP contribution in [0.1, 0.15) is 53.9 Å². The summed E-state index contributed by atoms with van der Waals surface area (Å²) < 4.78 is 5.24. The average Bonchev–Trinajstić information content (AvgIpc) is 2.14. The van der Waals surface area contributed by atoms with Crippen LogP contribution in [-0.4, -0.2) is 25.8 Å². The Balaban J connectivity index is 4.15. The van der Waals surface area contributed by atoms with Crippen molar-refractivity contribution in [1.29, 1.82) is 0 Å². The van der Waals surface area contributed by atoms with Crippen molar-refractivity contribution in [2.45, 2.75) is 66.0 Å². The molecule has 0 aromatic heterocycles. The molecule has 1 atom stereocenters. The molecule has 0 aromatic rings. The van der Waals surface area contributed by atoms with Crippen molar-refractivity contribution < 1.29 is 4.74 Å². The highest BCUT2D eigenvalue weighted by Crippen LogP contribution is 2.14. The fourth-order valence-electron chi connectivity index (χ4n) is 2.19. The van der Waals surface area contributed by atoms with Gasteiger partial charge in [-0.3, -0.25) is 0 Å². The van der Waals surface area contributed by atoms with Crippen molar-refractivity contribution in [2.24, 2.45) is 11.8 Å². The molecule has 98 valence electrons. The molecule has 0 saturated carbocycles. The van der Waals surface area contributed by atoms with E-state index in [-0.39, 0.29) is 0 Å². The first-order valence-electron chi connectivity index (χ1n) is 6.74. The Labute approximate surface area is 102 Å². The molecular formula is C14H31NO. The Hall–Kier alpha value is -0.0800. The van der Waals surface area contributed by atoms with Crippen LogP contribution in [0.4, 0.5) is 0 Å². The molecule has 0 heterocycles. The molecule has 0 saturated heterocycles. The SMILES string of the molecule is CCC(COC)NC(CC(C)C)CC(C)C. The van der Waals surface area contributed by atoms with Crippen LogP contribution in [0, 0.1) is 11.8 Å². The van der Waals surface area contributed by atoms with E-state index < -0.39 is 0 Å². The topological polar surface area (TPSA) is 21.3 Å². The lowest BCUT2D eigenvalue weighted by Crippen LogP contribution is -2.42. The van der Waals surface area contributed by atoms with Gasteiger partial charge in [0.2, 0.25) is 0 Å². The second-order valence-electron chi connectivity index (χ2n) is 5.68. The number of nitrogens with one attached hydrogen (secondary N) is 1. The Bertz CT molecular complexity index is 147. The maximum Gasteiger partial charge on any atom is 0.0615 e. The number of rotatable bonds is 9. The first-order valence-corrected chi connectivity index (χ1v) is 6.74. The van der Waals surface area contributed by atoms with Crippen LogP contribution >= 0.6 is 0 Å². The minimum atomic E-state index is 0.507. The van der Waals surface area contributed by atoms with Crippen LogP contribution < -0.4 is 5.32 Å². The molecule has 0 aliphatic rings. The van der Waals surface area contributed by atoms with Gasteiger partial charge in [-0.15, -0.1) is 0 Å². The van der Waals surface area contributed by atoms with Crippen LogP contribution in [0.15, 0.2) is 0 Å². The highest BCUT2D eigenvalue weighted by Gasteiger charge is 2.16. The molecule has 0 amide bonds. The monoisotopic (exact) mass is 229 g/mol. The van der Waals surface area contributed by atoms with Gasteiger partial charge in [-0.2, -0.15) is 0 Å². The van der Waals surface area contributed by atoms with E-state index in [1.54, 1.807) is 7.11 Å². The maximum absolute atomic E-state index is 5.24. The predicted octanol–water partition coefficient (Wildman–Crippen LogP) is 3.46. The maximum atomic E-state index is 5.24. The molecule has 2 heteroatoms. The van der Waals surface area contributed by atoms with E-state index in [4.69, 9.17) is 4.74 Å². The first kappa shape index (κ1) is 15.9. The van der Waals surface area contributed by atoms with Gasteiger partial charge >= 0.3 is 0 Å². The molecule has 0 bridgehead atoms. The van der Waals surface area contributed by atoms with Gasteiger partial charge in [-0.25, -0.2) is 0 Å². The molecule has 0 radical (unpaired) electrons. The summed E-state index contributed by atoms with van der Waals surface area (Å²) >= 11 is 0. The third kappa shape index (κ3) is 8.12. The van der Waals surface area contributed by atoms with Gasteiger partial charge in [0.05, 0.1) is 6.61 Å². The van der Waals surface area contributed by atoms with Gasteiger partial charge < -0.3 is 10.1 Å². The van der Waals surface area contributed by atoms with Crippen molar-refractivity contribution in [3.05, 3.63) is 0 Å². The van der Waals surface area contributed by atoms with E-state index in [2.05, 4.69) is 39.9 Å². The van der Waals surface area contributed by atoms with Crippen molar-refractivity contribution in [1.82, 2.24) is 5.32 Å². The lowest BCUT2D eigenvalue weighted by Gasteiger charge is -2.27. The summed E-state index contributed by atoms with van der Waals surface area (Å²) in [7, 11) is 1.78. The standard InChI is InChI=1S/C14H31NO/c1-7-13(10-16-6)15-14(8-11(2)3)9-12(4)5/h11-15H,7-10H2,1-6H3. The van der Waals surface area contributed by atoms with Crippen molar-refractivity contribution >= 4 is 0 Å². The van der Waals surface area contributed by atoms with E-state index in [1.807, 2.05) is 0 Å². The number of hydrogen-bond acceptors (Lipinski definition) is 2. The Kier molecular flexibility index (Phi) is 8.96. The van der Waals surface area contributed by atoms with E-state index >= 15 is 0 Å². The largest absolute Gasteiger partial charge is 0.383 e. The molecule has 0 spiro atoms. The predicted molar refractivity (Wildman–Crippen MR) is 71.8 cm³/mol. The quantitative estimate of drug-likeness (QED) is 0.654. The van der Waals surface area contributed by atoms with Gasteiger partial charge in [0.15, 0.2) is 0 Å². The van der Waals surface area contributed by atoms with E-state index in [0.29, 0.717) is 12.1 Å². The third-order valence-electron chi connectivity index (χ3n) is 2.84. The fourth-order valence-corrected chi connectivity index (χ4v) is 2.19. The summed E-state index contributed by atoms with van der Waals surface area (Å²) in [6.45, 7) is 12.2. The zero-order chi connectivity index (χ0) is 12.6. The van der Waals surface area contributed by atoms with Crippen LogP contribution in [-0.2, 0) is 4.74 Å². The summed E-state index contributed by atoms with van der Waals surface area (Å²) in [6.07, 6.45) is 3.66. The molecule has 2 nitrogen and oxygen atoms in total. The van der Waals surface area contributed by atoms with Crippen LogP contribution in [0.5, 0.6) is 0 Å². The average molecular weight is 229 g/mol. The zero-order valence-electron chi connectivity index (χ0n) is 12.0. The van der Waals surface area contributed by atoms with Gasteiger partial charge in [-0.05, 0) is 31.1 Å². The molecule has 0 aliphatic carbocycles. The second-order valence-corrected chi connectivity index (χ2v) is 5.68. The Morgan fingerprint density at radius 2 is 1.44 bits per heavy atom. The summed E-state index contributed by atoms with van der Waals surface area (Å²) in [5.41, 5.74) is 0. The molecule has 0 aliphatic heterocycles. The highest BCUT2D eigenvalue weighted by molar-refractivity contribution is 4.75. The zero-order valence-corrected chi connectivity index (χ0v) is 12.0. The smallest absolute Gasteiger partial charge is 0.0615 e. The lowest BCUT2D eigenvalue weighted by molar-refractivity contribution is 0.153. The molecular weight excluding hydrogens is 198 g/mol. The third-order valence-corrected chi connectivity index (χ3v) is 2.84. The molecule has 0 rings (SSSR count). The second kappa shape index (κ2) is 9.00. The summed E-state index contributed by atoms with van der Waals surface area (Å²) in [5, 5.41) is 3.74. The van der Waals surface area contributed by atoms with Crippen LogP contribution in [0.25, 0.3) is 0 Å². The normalized spacial score (nSPS) is 14.1. The van der Waals surface area contributed by atoms with Gasteiger partial charge in [0, 0.05) is 19.2 Å². The number of hydrogen-bond donors (Lipinski definition) is 1. The van der Waals surface area contributed by atoms with Gasteiger partial charge in [0.25, 0.3) is 0 Å². The van der Waals surface area contributed by atoms with Gasteiger partial charge in [-0.1, -0.05) is 34.6 Å². The Morgan fingerprint density at radius 1 is 0.938 bits per heavy atom. The number of methoxy groups -OCH3 is 1. The summed E-state index contributed by atoms with van der Waals surface area (Å²) in [5.74, 6) is 1.52. The molecule has 16 heavy (non-hydrogen) atoms. The van der Waals surface area contributed by atoms with Crippen molar-refractivity contribution in [2.75, 3.05) is 13.7 Å². The Morgan fingerprint density at radius 3 is 1.75 bits per heavy atom. The van der Waals surface area contributed by atoms with E-state index in [9.17, 15) is 0 Å². The van der Waals surface area contributed by atoms with Crippen molar-refractivity contribution in [3.63, 3.8) is 0 Å². The van der Waals surface area contributed by atoms with Crippen molar-refractivity contribution in [3.8, 4) is 0 Å². The lowest BCUT2D eigenvalue weighted by atomic mass is 9.95.